The fourth-order valence-corrected chi connectivity index (χ4v) is 1.16. The quantitative estimate of drug-likeness (QED) is 0.735. The van der Waals surface area contributed by atoms with Gasteiger partial charge in [-0.25, -0.2) is 4.98 Å². The first-order valence-electron chi connectivity index (χ1n) is 3.46. The number of nitrogens with one attached hydrogen (secondary N) is 1. The third-order valence-electron chi connectivity index (χ3n) is 2.07. The molecule has 1 heterocycles. The molecule has 1 fully saturated rings. The smallest absolute Gasteiger partial charge is 0.214 e. The van der Waals surface area contributed by atoms with E-state index in [9.17, 15) is 0 Å². The van der Waals surface area contributed by atoms with Gasteiger partial charge in [0.15, 0.2) is 0 Å². The molecule has 62 valence electrons. The minimum atomic E-state index is 0. The Kier molecular flexibility index (Phi) is 2.20. The molecular weight excluding hydrogens is 164 g/mol. The lowest BCUT2D eigenvalue weighted by molar-refractivity contribution is 0.401. The Balaban J connectivity index is 0.000000605. The lowest BCUT2D eigenvalue weighted by Gasteiger charge is -2.07. The summed E-state index contributed by atoms with van der Waals surface area (Å²) in [6.45, 7) is 0. The molecule has 1 aliphatic carbocycles. The Hall–Kier alpha value is -0.540. The second-order valence-corrected chi connectivity index (χ2v) is 2.67. The van der Waals surface area contributed by atoms with Gasteiger partial charge < -0.3 is 9.73 Å². The highest BCUT2D eigenvalue weighted by atomic mass is 35.5. The second-order valence-electron chi connectivity index (χ2n) is 2.67. The van der Waals surface area contributed by atoms with Gasteiger partial charge in [0.05, 0.1) is 11.7 Å². The molecule has 3 nitrogen and oxygen atoms in total. The van der Waals surface area contributed by atoms with Crippen molar-refractivity contribution in [1.82, 2.24) is 10.3 Å². The summed E-state index contributed by atoms with van der Waals surface area (Å²) in [6, 6.07) is 0. The van der Waals surface area contributed by atoms with E-state index in [0.29, 0.717) is 0 Å². The summed E-state index contributed by atoms with van der Waals surface area (Å²) < 4.78 is 5.18. The summed E-state index contributed by atoms with van der Waals surface area (Å²) in [5, 5.41) is 3.20. The van der Waals surface area contributed by atoms with Crippen molar-refractivity contribution in [2.75, 3.05) is 7.05 Å². The Labute approximate surface area is 71.6 Å². The molecule has 0 saturated heterocycles. The number of hydrogen-bond acceptors (Lipinski definition) is 3. The van der Waals surface area contributed by atoms with Crippen LogP contribution >= 0.6 is 12.4 Å². The topological polar surface area (TPSA) is 38.1 Å². The van der Waals surface area contributed by atoms with Gasteiger partial charge in [0.2, 0.25) is 5.89 Å². The largest absolute Gasteiger partial charge is 0.447 e. The Morgan fingerprint density at radius 2 is 2.36 bits per heavy atom. The first-order valence-corrected chi connectivity index (χ1v) is 3.46. The minimum Gasteiger partial charge on any atom is -0.447 e. The Morgan fingerprint density at radius 1 is 1.64 bits per heavy atom. The predicted octanol–water partition coefficient (Wildman–Crippen LogP) is 1.30. The van der Waals surface area contributed by atoms with E-state index in [1.807, 2.05) is 7.05 Å². The lowest BCUT2D eigenvalue weighted by Crippen LogP contribution is -2.24. The third-order valence-corrected chi connectivity index (χ3v) is 2.07. The molecule has 1 saturated carbocycles. The van der Waals surface area contributed by atoms with Crippen molar-refractivity contribution in [1.29, 1.82) is 0 Å². The van der Waals surface area contributed by atoms with Gasteiger partial charge in [-0.3, -0.25) is 0 Å². The van der Waals surface area contributed by atoms with Crippen LogP contribution in [-0.2, 0) is 5.54 Å². The average Bonchev–Trinajstić information content (AvgIpc) is 2.58. The van der Waals surface area contributed by atoms with Crippen molar-refractivity contribution in [2.45, 2.75) is 18.4 Å². The number of aromatic nitrogens is 1. The molecule has 0 unspecified atom stereocenters. The number of halogens is 1. The van der Waals surface area contributed by atoms with Crippen molar-refractivity contribution in [3.8, 4) is 0 Å². The van der Waals surface area contributed by atoms with Crippen LogP contribution < -0.4 is 5.32 Å². The fraction of sp³-hybridized carbons (Fsp3) is 0.571. The summed E-state index contributed by atoms with van der Waals surface area (Å²) in [4.78, 5) is 4.09. The van der Waals surface area contributed by atoms with E-state index in [2.05, 4.69) is 10.3 Å². The maximum Gasteiger partial charge on any atom is 0.214 e. The number of hydrogen-bond donors (Lipinski definition) is 1. The Morgan fingerprint density at radius 3 is 2.73 bits per heavy atom. The van der Waals surface area contributed by atoms with Crippen molar-refractivity contribution in [2.24, 2.45) is 0 Å². The van der Waals surface area contributed by atoms with Gasteiger partial charge in [-0.15, -0.1) is 12.4 Å². The van der Waals surface area contributed by atoms with E-state index in [-0.39, 0.29) is 17.9 Å². The van der Waals surface area contributed by atoms with E-state index < -0.39 is 0 Å². The van der Waals surface area contributed by atoms with Gasteiger partial charge in [0.1, 0.15) is 6.26 Å². The predicted molar refractivity (Wildman–Crippen MR) is 43.7 cm³/mol. The molecule has 0 bridgehead atoms. The van der Waals surface area contributed by atoms with Crippen LogP contribution in [0.2, 0.25) is 0 Å². The summed E-state index contributed by atoms with van der Waals surface area (Å²) in [7, 11) is 1.94. The van der Waals surface area contributed by atoms with Crippen LogP contribution in [0.3, 0.4) is 0 Å². The Bertz CT molecular complexity index is 218. The molecule has 0 aromatic carbocycles. The average molecular weight is 175 g/mol. The number of rotatable bonds is 2. The van der Waals surface area contributed by atoms with Crippen molar-refractivity contribution in [3.63, 3.8) is 0 Å². The van der Waals surface area contributed by atoms with Crippen molar-refractivity contribution in [3.05, 3.63) is 18.4 Å². The van der Waals surface area contributed by atoms with Crippen LogP contribution in [0.25, 0.3) is 0 Å². The van der Waals surface area contributed by atoms with Crippen LogP contribution in [-0.4, -0.2) is 12.0 Å². The maximum atomic E-state index is 5.18. The molecule has 1 aromatic rings. The van der Waals surface area contributed by atoms with Gasteiger partial charge in [-0.1, -0.05) is 0 Å². The molecule has 1 N–H and O–H groups in total. The maximum absolute atomic E-state index is 5.18. The van der Waals surface area contributed by atoms with Crippen LogP contribution in [0.4, 0.5) is 0 Å². The van der Waals surface area contributed by atoms with Crippen LogP contribution in [0.5, 0.6) is 0 Å². The lowest BCUT2D eigenvalue weighted by atomic mass is 10.3. The highest BCUT2D eigenvalue weighted by molar-refractivity contribution is 5.85. The zero-order chi connectivity index (χ0) is 7.03. The first-order chi connectivity index (χ1) is 4.87. The van der Waals surface area contributed by atoms with Gasteiger partial charge >= 0.3 is 0 Å². The SMILES string of the molecule is CNC1(c2ncco2)CC1.Cl. The minimum absolute atomic E-state index is 0. The molecule has 0 radical (unpaired) electrons. The molecule has 0 spiro atoms. The molecule has 4 heteroatoms. The van der Waals surface area contributed by atoms with Crippen molar-refractivity contribution < 1.29 is 4.42 Å². The highest BCUT2D eigenvalue weighted by Gasteiger charge is 2.46. The molecule has 2 rings (SSSR count). The van der Waals surface area contributed by atoms with Crippen LogP contribution in [0.15, 0.2) is 16.9 Å². The van der Waals surface area contributed by atoms with E-state index in [1.165, 1.54) is 0 Å². The second kappa shape index (κ2) is 2.83. The zero-order valence-corrected chi connectivity index (χ0v) is 7.15. The van der Waals surface area contributed by atoms with Gasteiger partial charge in [0.25, 0.3) is 0 Å². The monoisotopic (exact) mass is 174 g/mol. The van der Waals surface area contributed by atoms with E-state index in [4.69, 9.17) is 4.42 Å². The number of nitrogens with zero attached hydrogens (tertiary/aromatic N) is 1. The van der Waals surface area contributed by atoms with E-state index >= 15 is 0 Å². The first kappa shape index (κ1) is 8.56. The fourth-order valence-electron chi connectivity index (χ4n) is 1.16. The van der Waals surface area contributed by atoms with Crippen LogP contribution in [0.1, 0.15) is 18.7 Å². The molecular formula is C7H11ClN2O. The number of oxazole rings is 1. The summed E-state index contributed by atoms with van der Waals surface area (Å²) in [6.07, 6.45) is 5.59. The van der Waals surface area contributed by atoms with Gasteiger partial charge in [-0.05, 0) is 19.9 Å². The molecule has 11 heavy (non-hydrogen) atoms. The molecule has 0 amide bonds. The van der Waals surface area contributed by atoms with E-state index in [1.54, 1.807) is 12.5 Å². The highest BCUT2D eigenvalue weighted by Crippen LogP contribution is 2.43. The standard InChI is InChI=1S/C7H10N2O.ClH/c1-8-7(2-3-7)6-9-4-5-10-6;/h4-5,8H,2-3H2,1H3;1H. The summed E-state index contributed by atoms with van der Waals surface area (Å²) in [5.74, 6) is 0.829. The van der Waals surface area contributed by atoms with Gasteiger partial charge in [0, 0.05) is 0 Å². The zero-order valence-electron chi connectivity index (χ0n) is 6.33. The van der Waals surface area contributed by atoms with E-state index in [0.717, 1.165) is 18.7 Å². The van der Waals surface area contributed by atoms with Crippen molar-refractivity contribution >= 4 is 12.4 Å². The molecule has 0 atom stereocenters. The molecule has 1 aliphatic rings. The summed E-state index contributed by atoms with van der Waals surface area (Å²) in [5.41, 5.74) is 0.0868. The van der Waals surface area contributed by atoms with Gasteiger partial charge in [-0.2, -0.15) is 0 Å². The third kappa shape index (κ3) is 1.26. The molecule has 1 aromatic heterocycles. The van der Waals surface area contributed by atoms with Crippen LogP contribution in [0, 0.1) is 0 Å². The molecule has 0 aliphatic heterocycles. The normalized spacial score (nSPS) is 19.0. The summed E-state index contributed by atoms with van der Waals surface area (Å²) >= 11 is 0.